The van der Waals surface area contributed by atoms with Crippen LogP contribution in [0.25, 0.3) is 11.0 Å². The number of nitrogens with zero attached hydrogens (tertiary/aromatic N) is 3. The minimum Gasteiger partial charge on any atom is -0.344 e. The van der Waals surface area contributed by atoms with Gasteiger partial charge in [0.25, 0.3) is 17.4 Å². The van der Waals surface area contributed by atoms with Crippen LogP contribution in [0.4, 0.5) is 11.6 Å². The number of amides is 2. The molecule has 1 saturated heterocycles. The van der Waals surface area contributed by atoms with Crippen molar-refractivity contribution in [1.29, 1.82) is 0 Å². The van der Waals surface area contributed by atoms with Crippen LogP contribution in [0.2, 0.25) is 5.02 Å². The van der Waals surface area contributed by atoms with Crippen LogP contribution in [0.5, 0.6) is 0 Å². The lowest BCUT2D eigenvalue weighted by Crippen LogP contribution is -2.40. The zero-order valence-electron chi connectivity index (χ0n) is 22.0. The molecule has 0 radical (unpaired) electrons. The van der Waals surface area contributed by atoms with E-state index in [1.54, 1.807) is 12.3 Å². The van der Waals surface area contributed by atoms with Crippen molar-refractivity contribution in [1.82, 2.24) is 20.3 Å². The molecular formula is C28H30Cl2N8O3. The minimum absolute atomic E-state index is 0. The second-order valence-corrected chi connectivity index (χ2v) is 10.0. The highest BCUT2D eigenvalue weighted by Gasteiger charge is 2.21. The van der Waals surface area contributed by atoms with Gasteiger partial charge in [0.1, 0.15) is 11.2 Å². The lowest BCUT2D eigenvalue weighted by molar-refractivity contribution is 0.0936. The van der Waals surface area contributed by atoms with Crippen molar-refractivity contribution >= 4 is 58.5 Å². The normalized spacial score (nSPS) is 14.3. The molecule has 4 aromatic rings. The van der Waals surface area contributed by atoms with E-state index < -0.39 is 23.4 Å². The number of hydrogen-bond donors (Lipinski definition) is 5. The molecule has 1 aliphatic rings. The molecular weight excluding hydrogens is 567 g/mol. The molecule has 2 aromatic heterocycles. The summed E-state index contributed by atoms with van der Waals surface area (Å²) in [5.41, 5.74) is 12.7. The number of hydrogen-bond acceptors (Lipinski definition) is 8. The third kappa shape index (κ3) is 6.83. The monoisotopic (exact) mass is 596 g/mol. The number of aromatic amines is 1. The van der Waals surface area contributed by atoms with Crippen LogP contribution in [0.15, 0.2) is 65.6 Å². The number of H-pyrrole nitrogens is 1. The first kappa shape index (κ1) is 29.9. The largest absolute Gasteiger partial charge is 0.344 e. The van der Waals surface area contributed by atoms with Crippen molar-refractivity contribution < 1.29 is 9.59 Å². The topological polar surface area (TPSA) is 172 Å². The first-order chi connectivity index (χ1) is 19.3. The Balaban J connectivity index is 0.00000387. The third-order valence-electron chi connectivity index (χ3n) is 6.87. The van der Waals surface area contributed by atoms with Gasteiger partial charge in [-0.15, -0.1) is 12.4 Å². The summed E-state index contributed by atoms with van der Waals surface area (Å²) >= 11 is 6.31. The van der Waals surface area contributed by atoms with Gasteiger partial charge >= 0.3 is 0 Å². The van der Waals surface area contributed by atoms with E-state index in [2.05, 4.69) is 25.6 Å². The summed E-state index contributed by atoms with van der Waals surface area (Å²) in [6.07, 6.45) is 3.24. The van der Waals surface area contributed by atoms with E-state index in [1.165, 1.54) is 18.2 Å². The molecule has 0 bridgehead atoms. The molecule has 2 aromatic carbocycles. The Bertz CT molecular complexity index is 1610. The number of nitrogens with one attached hydrogen (secondary N) is 3. The van der Waals surface area contributed by atoms with Gasteiger partial charge in [0, 0.05) is 42.8 Å². The highest BCUT2D eigenvalue weighted by atomic mass is 35.5. The van der Waals surface area contributed by atoms with Crippen LogP contribution >= 0.6 is 24.0 Å². The Hall–Kier alpha value is -4.03. The van der Waals surface area contributed by atoms with E-state index in [0.717, 1.165) is 31.5 Å². The van der Waals surface area contributed by atoms with Gasteiger partial charge < -0.3 is 32.0 Å². The smallest absolute Gasteiger partial charge is 0.262 e. The summed E-state index contributed by atoms with van der Waals surface area (Å²) in [5.74, 6) is -0.585. The van der Waals surface area contributed by atoms with Crippen LogP contribution < -0.4 is 32.6 Å². The summed E-state index contributed by atoms with van der Waals surface area (Å²) in [6, 6.07) is 15.0. The maximum absolute atomic E-state index is 13.1. The van der Waals surface area contributed by atoms with Gasteiger partial charge in [0.2, 0.25) is 5.95 Å². The van der Waals surface area contributed by atoms with E-state index in [9.17, 15) is 14.4 Å². The maximum Gasteiger partial charge on any atom is 0.262 e. The van der Waals surface area contributed by atoms with Crippen LogP contribution in [0.3, 0.4) is 0 Å². The molecule has 5 rings (SSSR count). The summed E-state index contributed by atoms with van der Waals surface area (Å²) in [4.78, 5) is 52.5. The minimum atomic E-state index is -0.694. The van der Waals surface area contributed by atoms with E-state index in [0.29, 0.717) is 17.0 Å². The van der Waals surface area contributed by atoms with Crippen LogP contribution in [0, 0.1) is 0 Å². The van der Waals surface area contributed by atoms with Crippen molar-refractivity contribution in [3.8, 4) is 0 Å². The summed E-state index contributed by atoms with van der Waals surface area (Å²) in [6.45, 7) is 1.66. The third-order valence-corrected chi connectivity index (χ3v) is 7.20. The SMILES string of the molecule is Cl.NCC(NC(=O)c1ccc(Cl)c(NC(=O)c2cc3cnc(N4CCC(N)CC4)nc3[nH]c2=O)c1)c1ccccc1. The molecule has 3 heterocycles. The number of halogens is 2. The van der Waals surface area contributed by atoms with Gasteiger partial charge in [0.15, 0.2) is 0 Å². The zero-order valence-corrected chi connectivity index (χ0v) is 23.5. The molecule has 7 N–H and O–H groups in total. The fraction of sp³-hybridized carbons (Fsp3) is 0.250. The number of pyridine rings is 1. The maximum atomic E-state index is 13.1. The molecule has 0 aliphatic carbocycles. The fourth-order valence-electron chi connectivity index (χ4n) is 4.56. The van der Waals surface area contributed by atoms with Gasteiger partial charge in [-0.3, -0.25) is 14.4 Å². The number of anilines is 2. The molecule has 1 unspecified atom stereocenters. The first-order valence-electron chi connectivity index (χ1n) is 12.9. The van der Waals surface area contributed by atoms with Crippen LogP contribution in [-0.2, 0) is 0 Å². The molecule has 214 valence electrons. The van der Waals surface area contributed by atoms with Crippen molar-refractivity contribution in [3.05, 3.63) is 92.9 Å². The van der Waals surface area contributed by atoms with Crippen molar-refractivity contribution in [2.75, 3.05) is 29.9 Å². The molecule has 1 aliphatic heterocycles. The standard InChI is InChI=1S/C28H29ClN8O3.ClH/c29-21-7-6-17(25(38)34-23(14-30)16-4-2-1-3-5-16)13-22(21)33-26(39)20-12-18-15-32-28(36-24(18)35-27(20)40)37-10-8-19(31)9-11-37;/h1-7,12-13,15,19,23H,8-11,14,30-31H2,(H,33,39)(H,34,38)(H,32,35,36,40);1H. The predicted molar refractivity (Wildman–Crippen MR) is 162 cm³/mol. The average molecular weight is 598 g/mol. The molecule has 0 saturated carbocycles. The van der Waals surface area contributed by atoms with Gasteiger partial charge in [-0.2, -0.15) is 4.98 Å². The average Bonchev–Trinajstić information content (AvgIpc) is 2.97. The molecule has 0 spiro atoms. The molecule has 13 heteroatoms. The lowest BCUT2D eigenvalue weighted by atomic mass is 10.1. The van der Waals surface area contributed by atoms with E-state index in [-0.39, 0.29) is 46.8 Å². The highest BCUT2D eigenvalue weighted by molar-refractivity contribution is 6.34. The van der Waals surface area contributed by atoms with E-state index in [4.69, 9.17) is 23.1 Å². The van der Waals surface area contributed by atoms with Crippen LogP contribution in [0.1, 0.15) is 45.2 Å². The Morgan fingerprint density at radius 3 is 2.54 bits per heavy atom. The highest BCUT2D eigenvalue weighted by Crippen LogP contribution is 2.25. The molecule has 1 fully saturated rings. The first-order valence-corrected chi connectivity index (χ1v) is 13.3. The lowest BCUT2D eigenvalue weighted by Gasteiger charge is -2.30. The van der Waals surface area contributed by atoms with Crippen molar-refractivity contribution in [3.63, 3.8) is 0 Å². The Morgan fingerprint density at radius 2 is 1.83 bits per heavy atom. The number of fused-ring (bicyclic) bond motifs is 1. The number of piperidine rings is 1. The zero-order chi connectivity index (χ0) is 28.2. The summed E-state index contributed by atoms with van der Waals surface area (Å²) in [5, 5.41) is 6.23. The molecule has 41 heavy (non-hydrogen) atoms. The molecule has 1 atom stereocenters. The predicted octanol–water partition coefficient (Wildman–Crippen LogP) is 3.00. The second kappa shape index (κ2) is 13.1. The van der Waals surface area contributed by atoms with Crippen LogP contribution in [-0.4, -0.2) is 52.4 Å². The number of rotatable bonds is 7. The van der Waals surface area contributed by atoms with Crippen molar-refractivity contribution in [2.45, 2.75) is 24.9 Å². The Morgan fingerprint density at radius 1 is 1.10 bits per heavy atom. The summed E-state index contributed by atoms with van der Waals surface area (Å²) < 4.78 is 0. The Labute approximate surface area is 247 Å². The number of benzene rings is 2. The van der Waals surface area contributed by atoms with Gasteiger partial charge in [0.05, 0.1) is 16.8 Å². The number of nitrogens with two attached hydrogens (primary N) is 2. The summed E-state index contributed by atoms with van der Waals surface area (Å²) in [7, 11) is 0. The van der Waals surface area contributed by atoms with Crippen molar-refractivity contribution in [2.24, 2.45) is 11.5 Å². The Kier molecular flexibility index (Phi) is 9.56. The van der Waals surface area contributed by atoms with Gasteiger partial charge in [-0.25, -0.2) is 4.98 Å². The fourth-order valence-corrected chi connectivity index (χ4v) is 4.73. The molecule has 11 nitrogen and oxygen atoms in total. The number of aromatic nitrogens is 3. The molecule has 2 amide bonds. The van der Waals surface area contributed by atoms with E-state index in [1.807, 2.05) is 35.2 Å². The van der Waals surface area contributed by atoms with Gasteiger partial charge in [-0.1, -0.05) is 41.9 Å². The quantitative estimate of drug-likeness (QED) is 0.216. The number of carbonyl (C=O) groups is 2. The second-order valence-electron chi connectivity index (χ2n) is 9.63. The number of carbonyl (C=O) groups excluding carboxylic acids is 2. The van der Waals surface area contributed by atoms with Gasteiger partial charge in [-0.05, 0) is 42.7 Å². The van der Waals surface area contributed by atoms with E-state index >= 15 is 0 Å².